The quantitative estimate of drug-likeness (QED) is 0.796. The van der Waals surface area contributed by atoms with Gasteiger partial charge in [0.25, 0.3) is 5.91 Å². The summed E-state index contributed by atoms with van der Waals surface area (Å²) in [5.41, 5.74) is 1.13. The number of nitrogens with one attached hydrogen (secondary N) is 1. The van der Waals surface area contributed by atoms with Gasteiger partial charge in [-0.3, -0.25) is 4.79 Å². The van der Waals surface area contributed by atoms with E-state index in [0.717, 1.165) is 23.4 Å². The standard InChI is InChI=1S/C15H12N2OS2/c18-14(17-9-5-6-9)13-7-16-15(20-13)11-8-19-12-4-2-1-3-10(11)12/h1-4,7-9H,5-6H2,(H,17,18). The molecule has 0 aliphatic heterocycles. The molecule has 2 heterocycles. The SMILES string of the molecule is O=C(NC1CC1)c1cnc(-c2csc3ccccc23)s1. The van der Waals surface area contributed by atoms with Crippen LogP contribution in [-0.4, -0.2) is 16.9 Å². The Hall–Kier alpha value is -1.72. The molecule has 0 radical (unpaired) electrons. The molecular formula is C15H12N2OS2. The number of aromatic nitrogens is 1. The number of carbonyl (C=O) groups is 1. The fraction of sp³-hybridized carbons (Fsp3) is 0.200. The Morgan fingerprint density at radius 1 is 1.30 bits per heavy atom. The molecule has 0 unspecified atom stereocenters. The number of carbonyl (C=O) groups excluding carboxylic acids is 1. The Morgan fingerprint density at radius 3 is 3.00 bits per heavy atom. The summed E-state index contributed by atoms with van der Waals surface area (Å²) in [6, 6.07) is 8.67. The van der Waals surface area contributed by atoms with E-state index >= 15 is 0 Å². The first-order chi connectivity index (χ1) is 9.81. The normalized spacial score (nSPS) is 14.6. The second-order valence-corrected chi connectivity index (χ2v) is 6.86. The molecule has 1 aliphatic rings. The lowest BCUT2D eigenvalue weighted by Crippen LogP contribution is -2.24. The maximum Gasteiger partial charge on any atom is 0.263 e. The number of thiazole rings is 1. The largest absolute Gasteiger partial charge is 0.349 e. The summed E-state index contributed by atoms with van der Waals surface area (Å²) in [7, 11) is 0. The highest BCUT2D eigenvalue weighted by Crippen LogP contribution is 2.36. The first kappa shape index (κ1) is 12.1. The smallest absolute Gasteiger partial charge is 0.263 e. The first-order valence-corrected chi connectivity index (χ1v) is 8.24. The molecule has 4 rings (SSSR count). The number of amides is 1. The lowest BCUT2D eigenvalue weighted by Gasteiger charge is -1.98. The lowest BCUT2D eigenvalue weighted by atomic mass is 10.2. The predicted octanol–water partition coefficient (Wildman–Crippen LogP) is 3.92. The van der Waals surface area contributed by atoms with Gasteiger partial charge in [-0.1, -0.05) is 18.2 Å². The summed E-state index contributed by atoms with van der Waals surface area (Å²) in [6.07, 6.45) is 3.89. The monoisotopic (exact) mass is 300 g/mol. The van der Waals surface area contributed by atoms with E-state index in [4.69, 9.17) is 0 Å². The van der Waals surface area contributed by atoms with Gasteiger partial charge in [-0.2, -0.15) is 0 Å². The minimum absolute atomic E-state index is 0.00999. The molecule has 2 aromatic heterocycles. The minimum atomic E-state index is 0.00999. The van der Waals surface area contributed by atoms with Crippen molar-refractivity contribution in [2.24, 2.45) is 0 Å². The summed E-state index contributed by atoms with van der Waals surface area (Å²) in [5, 5.41) is 7.25. The highest BCUT2D eigenvalue weighted by atomic mass is 32.1. The van der Waals surface area contributed by atoms with E-state index in [9.17, 15) is 4.79 Å². The van der Waals surface area contributed by atoms with E-state index in [2.05, 4.69) is 27.8 Å². The van der Waals surface area contributed by atoms with Gasteiger partial charge in [0.1, 0.15) is 9.88 Å². The van der Waals surface area contributed by atoms with Gasteiger partial charge >= 0.3 is 0 Å². The molecule has 0 bridgehead atoms. The van der Waals surface area contributed by atoms with Crippen LogP contribution in [0.15, 0.2) is 35.8 Å². The molecule has 5 heteroatoms. The fourth-order valence-corrected chi connectivity index (χ4v) is 4.00. The third-order valence-corrected chi connectivity index (χ3v) is 5.35. The summed E-state index contributed by atoms with van der Waals surface area (Å²) in [6.45, 7) is 0. The van der Waals surface area contributed by atoms with Gasteiger partial charge in [0.15, 0.2) is 0 Å². The van der Waals surface area contributed by atoms with Crippen LogP contribution in [-0.2, 0) is 0 Å². The van der Waals surface area contributed by atoms with Gasteiger partial charge in [0, 0.05) is 27.1 Å². The van der Waals surface area contributed by atoms with Gasteiger partial charge in [0.2, 0.25) is 0 Å². The van der Waals surface area contributed by atoms with Gasteiger partial charge in [-0.05, 0) is 18.9 Å². The zero-order valence-electron chi connectivity index (χ0n) is 10.6. The molecule has 1 amide bonds. The second kappa shape index (κ2) is 4.68. The number of fused-ring (bicyclic) bond motifs is 1. The third-order valence-electron chi connectivity index (χ3n) is 3.35. The zero-order valence-corrected chi connectivity index (χ0v) is 12.3. The molecule has 0 saturated heterocycles. The molecular weight excluding hydrogens is 288 g/mol. The van der Waals surface area contributed by atoms with Crippen LogP contribution >= 0.6 is 22.7 Å². The van der Waals surface area contributed by atoms with Gasteiger partial charge in [0.05, 0.1) is 6.20 Å². The molecule has 1 aromatic carbocycles. The molecule has 3 nitrogen and oxygen atoms in total. The minimum Gasteiger partial charge on any atom is -0.349 e. The van der Waals surface area contributed by atoms with Crippen molar-refractivity contribution in [3.05, 3.63) is 40.7 Å². The molecule has 0 spiro atoms. The molecule has 100 valence electrons. The average molecular weight is 300 g/mol. The maximum atomic E-state index is 12.0. The molecule has 0 atom stereocenters. The maximum absolute atomic E-state index is 12.0. The topological polar surface area (TPSA) is 42.0 Å². The highest BCUT2D eigenvalue weighted by molar-refractivity contribution is 7.19. The van der Waals surface area contributed by atoms with Crippen molar-refractivity contribution < 1.29 is 4.79 Å². The van der Waals surface area contributed by atoms with Crippen LogP contribution in [0.25, 0.3) is 20.7 Å². The van der Waals surface area contributed by atoms with Crippen LogP contribution in [0, 0.1) is 0 Å². The molecule has 1 fully saturated rings. The number of hydrogen-bond donors (Lipinski definition) is 1. The van der Waals surface area contributed by atoms with Crippen molar-refractivity contribution in [3.8, 4) is 10.6 Å². The predicted molar refractivity (Wildman–Crippen MR) is 83.4 cm³/mol. The van der Waals surface area contributed by atoms with E-state index in [0.29, 0.717) is 10.9 Å². The third kappa shape index (κ3) is 2.13. The molecule has 1 aliphatic carbocycles. The lowest BCUT2D eigenvalue weighted by molar-refractivity contribution is 0.0955. The summed E-state index contributed by atoms with van der Waals surface area (Å²) >= 11 is 3.18. The van der Waals surface area contributed by atoms with Crippen LogP contribution in [0.3, 0.4) is 0 Å². The van der Waals surface area contributed by atoms with E-state index in [1.165, 1.54) is 21.4 Å². The number of thiophene rings is 1. The first-order valence-electron chi connectivity index (χ1n) is 6.54. The second-order valence-electron chi connectivity index (χ2n) is 4.92. The number of benzene rings is 1. The van der Waals surface area contributed by atoms with Gasteiger partial charge in [-0.15, -0.1) is 22.7 Å². The Morgan fingerprint density at radius 2 is 2.15 bits per heavy atom. The van der Waals surface area contributed by atoms with Crippen LogP contribution in [0.4, 0.5) is 0 Å². The van der Waals surface area contributed by atoms with Crippen LogP contribution in [0.2, 0.25) is 0 Å². The van der Waals surface area contributed by atoms with Crippen molar-refractivity contribution in [1.29, 1.82) is 0 Å². The number of hydrogen-bond acceptors (Lipinski definition) is 4. The Balaban J connectivity index is 1.68. The summed E-state index contributed by atoms with van der Waals surface area (Å²) < 4.78 is 1.25. The summed E-state index contributed by atoms with van der Waals surface area (Å²) in [4.78, 5) is 17.1. The van der Waals surface area contributed by atoms with Crippen LogP contribution < -0.4 is 5.32 Å². The van der Waals surface area contributed by atoms with Gasteiger partial charge in [-0.25, -0.2) is 4.98 Å². The molecule has 20 heavy (non-hydrogen) atoms. The van der Waals surface area contributed by atoms with Crippen LogP contribution in [0.5, 0.6) is 0 Å². The van der Waals surface area contributed by atoms with Crippen LogP contribution in [0.1, 0.15) is 22.5 Å². The van der Waals surface area contributed by atoms with Crippen molar-refractivity contribution in [2.45, 2.75) is 18.9 Å². The van der Waals surface area contributed by atoms with Gasteiger partial charge < -0.3 is 5.32 Å². The molecule has 1 saturated carbocycles. The Labute approximate surface area is 124 Å². The van der Waals surface area contributed by atoms with E-state index < -0.39 is 0 Å². The molecule has 1 N–H and O–H groups in total. The number of nitrogens with zero attached hydrogens (tertiary/aromatic N) is 1. The Kier molecular flexibility index (Phi) is 2.82. The van der Waals surface area contributed by atoms with Crippen molar-refractivity contribution in [1.82, 2.24) is 10.3 Å². The van der Waals surface area contributed by atoms with Crippen molar-refractivity contribution >= 4 is 38.7 Å². The average Bonchev–Trinajstić information content (AvgIpc) is 3.01. The van der Waals surface area contributed by atoms with E-state index in [1.807, 2.05) is 12.1 Å². The highest BCUT2D eigenvalue weighted by Gasteiger charge is 2.25. The van der Waals surface area contributed by atoms with Crippen molar-refractivity contribution in [2.75, 3.05) is 0 Å². The zero-order chi connectivity index (χ0) is 13.5. The number of rotatable bonds is 3. The summed E-state index contributed by atoms with van der Waals surface area (Å²) in [5.74, 6) is 0.00999. The van der Waals surface area contributed by atoms with Crippen molar-refractivity contribution in [3.63, 3.8) is 0 Å². The fourth-order valence-electron chi connectivity index (χ4n) is 2.13. The Bertz CT molecular complexity index is 786. The van der Waals surface area contributed by atoms with E-state index in [1.54, 1.807) is 17.5 Å². The molecule has 3 aromatic rings. The van der Waals surface area contributed by atoms with E-state index in [-0.39, 0.29) is 5.91 Å².